The normalized spacial score (nSPS) is 16.8. The summed E-state index contributed by atoms with van der Waals surface area (Å²) in [7, 11) is 0. The number of rotatable bonds is 7. The van der Waals surface area contributed by atoms with Crippen molar-refractivity contribution in [3.8, 4) is 0 Å². The summed E-state index contributed by atoms with van der Waals surface area (Å²) >= 11 is 0. The number of esters is 1. The fourth-order valence-corrected chi connectivity index (χ4v) is 2.37. The van der Waals surface area contributed by atoms with E-state index in [1.807, 2.05) is 0 Å². The van der Waals surface area contributed by atoms with E-state index >= 15 is 0 Å². The molecule has 0 amide bonds. The van der Waals surface area contributed by atoms with Crippen LogP contribution in [0.15, 0.2) is 6.20 Å². The minimum Gasteiger partial charge on any atom is -0.462 e. The highest BCUT2D eigenvalue weighted by molar-refractivity contribution is 5.90. The Morgan fingerprint density at radius 1 is 1.52 bits per heavy atom. The Morgan fingerprint density at radius 2 is 2.26 bits per heavy atom. The van der Waals surface area contributed by atoms with Crippen LogP contribution in [0, 0.1) is 6.92 Å². The van der Waals surface area contributed by atoms with Crippen molar-refractivity contribution in [1.29, 1.82) is 0 Å². The van der Waals surface area contributed by atoms with Crippen molar-refractivity contribution in [2.24, 2.45) is 0 Å². The molecule has 128 valence electrons. The number of ether oxygens (including phenoxy) is 2. The summed E-state index contributed by atoms with van der Waals surface area (Å²) in [5, 5.41) is 12.7. The lowest BCUT2D eigenvalue weighted by Gasteiger charge is -2.30. The summed E-state index contributed by atoms with van der Waals surface area (Å²) in [5.41, 5.74) is 0.898. The van der Waals surface area contributed by atoms with E-state index in [1.165, 1.54) is 6.20 Å². The van der Waals surface area contributed by atoms with Crippen molar-refractivity contribution in [1.82, 2.24) is 14.9 Å². The molecule has 1 aliphatic rings. The predicted molar refractivity (Wildman–Crippen MR) is 84.5 cm³/mol. The maximum Gasteiger partial charge on any atom is 0.341 e. The number of aryl methyl sites for hydroxylation is 1. The Bertz CT molecular complexity index is 520. The summed E-state index contributed by atoms with van der Waals surface area (Å²) in [6, 6.07) is -0.180. The van der Waals surface area contributed by atoms with Gasteiger partial charge in [0.1, 0.15) is 0 Å². The number of aliphatic hydroxyl groups excluding tert-OH is 1. The molecule has 1 aliphatic heterocycles. The third-order valence-corrected chi connectivity index (χ3v) is 3.61. The first-order valence-electron chi connectivity index (χ1n) is 7.82. The van der Waals surface area contributed by atoms with Crippen LogP contribution in [0.2, 0.25) is 0 Å². The molecule has 1 aromatic rings. The first kappa shape index (κ1) is 17.6. The smallest absolute Gasteiger partial charge is 0.341 e. The number of nitrogens with one attached hydrogen (secondary N) is 1. The largest absolute Gasteiger partial charge is 0.462 e. The molecule has 8 heteroatoms. The number of hydrogen-bond acceptors (Lipinski definition) is 8. The van der Waals surface area contributed by atoms with E-state index in [1.54, 1.807) is 13.8 Å². The van der Waals surface area contributed by atoms with Gasteiger partial charge in [0.2, 0.25) is 5.95 Å². The molecule has 2 N–H and O–H groups in total. The van der Waals surface area contributed by atoms with Gasteiger partial charge in [-0.2, -0.15) is 0 Å². The van der Waals surface area contributed by atoms with E-state index in [9.17, 15) is 9.90 Å². The Morgan fingerprint density at radius 3 is 2.87 bits per heavy atom. The number of carbonyl (C=O) groups excluding carboxylic acids is 1. The van der Waals surface area contributed by atoms with E-state index in [0.717, 1.165) is 13.1 Å². The summed E-state index contributed by atoms with van der Waals surface area (Å²) in [5.74, 6) is -0.0357. The zero-order valence-electron chi connectivity index (χ0n) is 13.6. The molecule has 0 radical (unpaired) electrons. The van der Waals surface area contributed by atoms with Crippen LogP contribution in [0.4, 0.5) is 5.95 Å². The zero-order chi connectivity index (χ0) is 16.7. The van der Waals surface area contributed by atoms with Gasteiger partial charge in [0.05, 0.1) is 43.7 Å². The van der Waals surface area contributed by atoms with Crippen LogP contribution in [-0.2, 0) is 9.47 Å². The van der Waals surface area contributed by atoms with Crippen LogP contribution in [0.5, 0.6) is 0 Å². The molecule has 1 saturated heterocycles. The van der Waals surface area contributed by atoms with Crippen molar-refractivity contribution < 1.29 is 19.4 Å². The number of aromatic nitrogens is 2. The maximum absolute atomic E-state index is 11.7. The van der Waals surface area contributed by atoms with E-state index in [-0.39, 0.29) is 12.6 Å². The molecule has 1 fully saturated rings. The molecule has 1 unspecified atom stereocenters. The number of aliphatic hydroxyl groups is 1. The Kier molecular flexibility index (Phi) is 6.69. The lowest BCUT2D eigenvalue weighted by molar-refractivity contribution is 0.0335. The van der Waals surface area contributed by atoms with Crippen molar-refractivity contribution in [2.45, 2.75) is 19.9 Å². The van der Waals surface area contributed by atoms with Crippen molar-refractivity contribution in [2.75, 3.05) is 51.4 Å². The fraction of sp³-hybridized carbons (Fsp3) is 0.667. The molecule has 2 heterocycles. The van der Waals surface area contributed by atoms with Gasteiger partial charge in [-0.3, -0.25) is 4.90 Å². The minimum atomic E-state index is -0.427. The average Bonchev–Trinajstić information content (AvgIpc) is 2.55. The van der Waals surface area contributed by atoms with Gasteiger partial charge < -0.3 is 19.9 Å². The maximum atomic E-state index is 11.7. The van der Waals surface area contributed by atoms with E-state index in [0.29, 0.717) is 43.6 Å². The van der Waals surface area contributed by atoms with Gasteiger partial charge in [0.15, 0.2) is 0 Å². The lowest BCUT2D eigenvalue weighted by Crippen LogP contribution is -2.44. The van der Waals surface area contributed by atoms with Crippen LogP contribution in [0.1, 0.15) is 23.0 Å². The first-order valence-corrected chi connectivity index (χ1v) is 7.82. The van der Waals surface area contributed by atoms with Gasteiger partial charge in [-0.15, -0.1) is 0 Å². The van der Waals surface area contributed by atoms with Crippen molar-refractivity contribution in [3.05, 3.63) is 17.5 Å². The molecular formula is C15H24N4O4. The van der Waals surface area contributed by atoms with E-state index < -0.39 is 5.97 Å². The second-order valence-electron chi connectivity index (χ2n) is 5.35. The van der Waals surface area contributed by atoms with Crippen LogP contribution in [0.3, 0.4) is 0 Å². The van der Waals surface area contributed by atoms with Gasteiger partial charge in [-0.1, -0.05) is 0 Å². The standard InChI is InChI=1S/C15H24N4O4/c1-3-23-14(21)13-8-16-15(17-11(13)2)18-12(10-20)9-19-4-6-22-7-5-19/h8,12,20H,3-7,9-10H2,1-2H3,(H,16,17,18). The zero-order valence-corrected chi connectivity index (χ0v) is 13.6. The molecule has 8 nitrogen and oxygen atoms in total. The number of morpholine rings is 1. The number of carbonyl (C=O) groups is 1. The molecule has 2 rings (SSSR count). The fourth-order valence-electron chi connectivity index (χ4n) is 2.37. The quantitative estimate of drug-likeness (QED) is 0.680. The summed E-state index contributed by atoms with van der Waals surface area (Å²) in [4.78, 5) is 22.4. The lowest BCUT2D eigenvalue weighted by atomic mass is 10.2. The molecule has 0 aliphatic carbocycles. The summed E-state index contributed by atoms with van der Waals surface area (Å²) in [6.07, 6.45) is 1.45. The Labute approximate surface area is 135 Å². The van der Waals surface area contributed by atoms with Crippen LogP contribution in [0.25, 0.3) is 0 Å². The third kappa shape index (κ3) is 5.12. The van der Waals surface area contributed by atoms with Gasteiger partial charge in [-0.05, 0) is 13.8 Å². The summed E-state index contributed by atoms with van der Waals surface area (Å²) in [6.45, 7) is 7.56. The minimum absolute atomic E-state index is 0.0284. The number of nitrogens with zero attached hydrogens (tertiary/aromatic N) is 3. The second kappa shape index (κ2) is 8.76. The topological polar surface area (TPSA) is 96.8 Å². The van der Waals surface area contributed by atoms with Crippen LogP contribution in [-0.4, -0.2) is 78.0 Å². The van der Waals surface area contributed by atoms with Crippen LogP contribution < -0.4 is 5.32 Å². The molecule has 0 bridgehead atoms. The summed E-state index contributed by atoms with van der Waals surface area (Å²) < 4.78 is 10.3. The molecule has 0 saturated carbocycles. The predicted octanol–water partition coefficient (Wildman–Crippen LogP) is 0.0667. The number of hydrogen-bond donors (Lipinski definition) is 2. The Balaban J connectivity index is 1.97. The third-order valence-electron chi connectivity index (χ3n) is 3.61. The van der Waals surface area contributed by atoms with E-state index in [4.69, 9.17) is 9.47 Å². The van der Waals surface area contributed by atoms with Gasteiger partial charge in [-0.25, -0.2) is 14.8 Å². The molecule has 23 heavy (non-hydrogen) atoms. The SMILES string of the molecule is CCOC(=O)c1cnc(NC(CO)CN2CCOCC2)nc1C. The molecule has 0 aromatic carbocycles. The van der Waals surface area contributed by atoms with Crippen LogP contribution >= 0.6 is 0 Å². The van der Waals surface area contributed by atoms with E-state index in [2.05, 4.69) is 20.2 Å². The second-order valence-corrected chi connectivity index (χ2v) is 5.35. The number of anilines is 1. The molecule has 1 atom stereocenters. The average molecular weight is 324 g/mol. The molecule has 0 spiro atoms. The first-order chi connectivity index (χ1) is 11.1. The highest BCUT2D eigenvalue weighted by Crippen LogP contribution is 2.10. The molecule has 1 aromatic heterocycles. The Hall–Kier alpha value is -1.77. The van der Waals surface area contributed by atoms with Gasteiger partial charge in [0, 0.05) is 25.8 Å². The van der Waals surface area contributed by atoms with Gasteiger partial charge in [0.25, 0.3) is 0 Å². The highest BCUT2D eigenvalue weighted by Gasteiger charge is 2.18. The van der Waals surface area contributed by atoms with Crippen molar-refractivity contribution >= 4 is 11.9 Å². The van der Waals surface area contributed by atoms with Crippen molar-refractivity contribution in [3.63, 3.8) is 0 Å². The molecular weight excluding hydrogens is 300 g/mol. The monoisotopic (exact) mass is 324 g/mol. The highest BCUT2D eigenvalue weighted by atomic mass is 16.5. The van der Waals surface area contributed by atoms with Gasteiger partial charge >= 0.3 is 5.97 Å².